The number of benzene rings is 3. The van der Waals surface area contributed by atoms with Gasteiger partial charge in [0, 0.05) is 23.4 Å². The fourth-order valence-corrected chi connectivity index (χ4v) is 4.27. The Morgan fingerprint density at radius 2 is 1.69 bits per heavy atom. The molecule has 7 heteroatoms. The Labute approximate surface area is 203 Å². The Morgan fingerprint density at radius 3 is 2.43 bits per heavy atom. The van der Waals surface area contributed by atoms with E-state index in [9.17, 15) is 9.18 Å². The lowest BCUT2D eigenvalue weighted by Gasteiger charge is -2.19. The molecule has 3 aromatic carbocycles. The number of amides is 1. The van der Waals surface area contributed by atoms with Gasteiger partial charge in [-0.1, -0.05) is 26.0 Å². The van der Waals surface area contributed by atoms with Crippen molar-refractivity contribution in [1.29, 1.82) is 0 Å². The van der Waals surface area contributed by atoms with Gasteiger partial charge in [0.1, 0.15) is 18.3 Å². The van der Waals surface area contributed by atoms with Crippen LogP contribution in [0.5, 0.6) is 11.5 Å². The van der Waals surface area contributed by atoms with E-state index >= 15 is 0 Å². The Morgan fingerprint density at radius 1 is 0.943 bits per heavy atom. The average molecular weight is 472 g/mol. The van der Waals surface area contributed by atoms with E-state index in [1.54, 1.807) is 12.1 Å². The molecule has 178 valence electrons. The van der Waals surface area contributed by atoms with Crippen LogP contribution in [0.15, 0.2) is 73.2 Å². The fraction of sp³-hybridized carbons (Fsp3) is 0.179. The maximum Gasteiger partial charge on any atom is 0.258 e. The SMILES string of the molecule is CCN(CC)Cc1ccc(NC(=C2C(=O)Nc3cc(F)ccc32)c2ccc3c(c2)OC=CO3)cc1. The summed E-state index contributed by atoms with van der Waals surface area (Å²) in [5.41, 5.74) is 4.86. The first-order valence-corrected chi connectivity index (χ1v) is 11.6. The highest BCUT2D eigenvalue weighted by atomic mass is 19.1. The molecule has 0 aromatic heterocycles. The van der Waals surface area contributed by atoms with E-state index in [0.717, 1.165) is 30.9 Å². The van der Waals surface area contributed by atoms with Crippen molar-refractivity contribution in [3.63, 3.8) is 0 Å². The van der Waals surface area contributed by atoms with Crippen LogP contribution in [-0.2, 0) is 11.3 Å². The van der Waals surface area contributed by atoms with Crippen LogP contribution in [0.3, 0.4) is 0 Å². The molecule has 0 fully saturated rings. The van der Waals surface area contributed by atoms with E-state index < -0.39 is 5.82 Å². The summed E-state index contributed by atoms with van der Waals surface area (Å²) in [5, 5.41) is 6.22. The second-order valence-corrected chi connectivity index (χ2v) is 8.35. The standard InChI is InChI=1S/C28H26FN3O3/c1-3-32(4-2)17-18-5-9-21(10-6-18)30-27(19-7-12-24-25(15-19)35-14-13-34-24)26-22-11-8-20(29)16-23(22)31-28(26)33/h5-16,30H,3-4,17H2,1-2H3,(H,31,33). The Hall–Kier alpha value is -4.10. The summed E-state index contributed by atoms with van der Waals surface area (Å²) < 4.78 is 24.9. The van der Waals surface area contributed by atoms with E-state index in [-0.39, 0.29) is 5.91 Å². The zero-order chi connectivity index (χ0) is 24.4. The van der Waals surface area contributed by atoms with Crippen molar-refractivity contribution < 1.29 is 18.7 Å². The molecular formula is C28H26FN3O3. The molecule has 2 aliphatic heterocycles. The van der Waals surface area contributed by atoms with Crippen molar-refractivity contribution in [2.45, 2.75) is 20.4 Å². The number of carbonyl (C=O) groups excluding carboxylic acids is 1. The highest BCUT2D eigenvalue weighted by molar-refractivity contribution is 6.37. The van der Waals surface area contributed by atoms with Gasteiger partial charge in [-0.25, -0.2) is 4.39 Å². The number of nitrogens with one attached hydrogen (secondary N) is 2. The zero-order valence-corrected chi connectivity index (χ0v) is 19.6. The zero-order valence-electron chi connectivity index (χ0n) is 19.6. The largest absolute Gasteiger partial charge is 0.458 e. The third kappa shape index (κ3) is 4.63. The molecule has 0 aliphatic carbocycles. The fourth-order valence-electron chi connectivity index (χ4n) is 4.27. The summed E-state index contributed by atoms with van der Waals surface area (Å²) in [5.74, 6) is 0.410. The van der Waals surface area contributed by atoms with Crippen molar-refractivity contribution in [2.24, 2.45) is 0 Å². The maximum atomic E-state index is 13.8. The number of hydrogen-bond donors (Lipinski definition) is 2. The van der Waals surface area contributed by atoms with Gasteiger partial charge in [-0.3, -0.25) is 9.69 Å². The first-order chi connectivity index (χ1) is 17.1. The molecule has 3 aromatic rings. The molecule has 0 saturated heterocycles. The van der Waals surface area contributed by atoms with Gasteiger partial charge in [-0.05, 0) is 67.2 Å². The number of anilines is 2. The molecule has 5 rings (SSSR count). The topological polar surface area (TPSA) is 62.8 Å². The molecule has 0 unspecified atom stereocenters. The lowest BCUT2D eigenvalue weighted by molar-refractivity contribution is -0.110. The van der Waals surface area contributed by atoms with E-state index in [4.69, 9.17) is 9.47 Å². The summed E-state index contributed by atoms with van der Waals surface area (Å²) in [4.78, 5) is 15.4. The third-order valence-electron chi connectivity index (χ3n) is 6.18. The minimum absolute atomic E-state index is 0.305. The van der Waals surface area contributed by atoms with Crippen LogP contribution in [0.1, 0.15) is 30.5 Å². The number of hydrogen-bond acceptors (Lipinski definition) is 5. The highest BCUT2D eigenvalue weighted by Crippen LogP contribution is 2.40. The van der Waals surface area contributed by atoms with Crippen LogP contribution in [-0.4, -0.2) is 23.9 Å². The van der Waals surface area contributed by atoms with Crippen LogP contribution in [0.4, 0.5) is 15.8 Å². The molecule has 35 heavy (non-hydrogen) atoms. The first kappa shape index (κ1) is 22.7. The maximum absolute atomic E-state index is 13.8. The predicted octanol–water partition coefficient (Wildman–Crippen LogP) is 5.84. The number of rotatable bonds is 7. The minimum Gasteiger partial charge on any atom is -0.458 e. The van der Waals surface area contributed by atoms with Gasteiger partial charge < -0.3 is 20.1 Å². The van der Waals surface area contributed by atoms with E-state index in [1.807, 2.05) is 24.3 Å². The molecule has 0 spiro atoms. The van der Waals surface area contributed by atoms with E-state index in [1.165, 1.54) is 30.2 Å². The molecule has 0 bridgehead atoms. The molecule has 0 saturated carbocycles. The van der Waals surface area contributed by atoms with Crippen molar-refractivity contribution >= 4 is 28.6 Å². The molecule has 2 aliphatic rings. The highest BCUT2D eigenvalue weighted by Gasteiger charge is 2.29. The van der Waals surface area contributed by atoms with Gasteiger partial charge in [0.2, 0.25) is 0 Å². The number of ether oxygens (including phenoxy) is 2. The van der Waals surface area contributed by atoms with Gasteiger partial charge in [0.25, 0.3) is 5.91 Å². The van der Waals surface area contributed by atoms with Crippen LogP contribution >= 0.6 is 0 Å². The molecule has 1 amide bonds. The first-order valence-electron chi connectivity index (χ1n) is 11.6. The summed E-state index contributed by atoms with van der Waals surface area (Å²) in [6.45, 7) is 7.15. The minimum atomic E-state index is -0.408. The summed E-state index contributed by atoms with van der Waals surface area (Å²) in [6.07, 6.45) is 2.93. The normalized spacial score (nSPS) is 15.1. The molecule has 2 heterocycles. The van der Waals surface area contributed by atoms with Crippen molar-refractivity contribution in [1.82, 2.24) is 4.90 Å². The van der Waals surface area contributed by atoms with E-state index in [2.05, 4.69) is 41.5 Å². The van der Waals surface area contributed by atoms with Gasteiger partial charge in [-0.2, -0.15) is 0 Å². The molecule has 0 radical (unpaired) electrons. The monoisotopic (exact) mass is 471 g/mol. The molecular weight excluding hydrogens is 445 g/mol. The third-order valence-corrected chi connectivity index (χ3v) is 6.18. The number of fused-ring (bicyclic) bond motifs is 2. The van der Waals surface area contributed by atoms with E-state index in [0.29, 0.717) is 34.0 Å². The number of nitrogens with zero attached hydrogens (tertiary/aromatic N) is 1. The van der Waals surface area contributed by atoms with Gasteiger partial charge in [0.15, 0.2) is 11.5 Å². The Kier molecular flexibility index (Phi) is 6.25. The van der Waals surface area contributed by atoms with Gasteiger partial charge in [-0.15, -0.1) is 0 Å². The average Bonchev–Trinajstić information content (AvgIpc) is 3.20. The van der Waals surface area contributed by atoms with Crippen LogP contribution < -0.4 is 20.1 Å². The summed E-state index contributed by atoms with van der Waals surface area (Å²) in [6, 6.07) is 17.9. The summed E-state index contributed by atoms with van der Waals surface area (Å²) in [7, 11) is 0. The smallest absolute Gasteiger partial charge is 0.258 e. The quantitative estimate of drug-likeness (QED) is 0.424. The van der Waals surface area contributed by atoms with Gasteiger partial charge in [0.05, 0.1) is 17.0 Å². The number of halogens is 1. The second kappa shape index (κ2) is 9.64. The number of carbonyl (C=O) groups is 1. The Balaban J connectivity index is 1.56. The Bertz CT molecular complexity index is 1330. The summed E-state index contributed by atoms with van der Waals surface area (Å²) >= 11 is 0. The molecule has 2 N–H and O–H groups in total. The second-order valence-electron chi connectivity index (χ2n) is 8.35. The molecule has 6 nitrogen and oxygen atoms in total. The lowest BCUT2D eigenvalue weighted by Crippen LogP contribution is -2.22. The lowest BCUT2D eigenvalue weighted by atomic mass is 9.99. The van der Waals surface area contributed by atoms with Crippen molar-refractivity contribution in [2.75, 3.05) is 23.7 Å². The van der Waals surface area contributed by atoms with Crippen LogP contribution in [0.25, 0.3) is 11.3 Å². The van der Waals surface area contributed by atoms with Crippen LogP contribution in [0, 0.1) is 5.82 Å². The van der Waals surface area contributed by atoms with Crippen molar-refractivity contribution in [3.8, 4) is 11.5 Å². The van der Waals surface area contributed by atoms with Crippen molar-refractivity contribution in [3.05, 3.63) is 95.7 Å². The predicted molar refractivity (Wildman–Crippen MR) is 135 cm³/mol. The van der Waals surface area contributed by atoms with Crippen LogP contribution in [0.2, 0.25) is 0 Å². The van der Waals surface area contributed by atoms with Gasteiger partial charge >= 0.3 is 0 Å². The molecule has 0 atom stereocenters.